The fourth-order valence-electron chi connectivity index (χ4n) is 4.97. The molecule has 2 saturated heterocycles. The van der Waals surface area contributed by atoms with Gasteiger partial charge in [0.2, 0.25) is 5.91 Å². The Kier molecular flexibility index (Phi) is 4.62. The molecule has 1 aliphatic carbocycles. The first-order chi connectivity index (χ1) is 12.6. The maximum absolute atomic E-state index is 13.2. The highest BCUT2D eigenvalue weighted by Crippen LogP contribution is 2.44. The van der Waals surface area contributed by atoms with Crippen LogP contribution in [0.25, 0.3) is 0 Å². The number of benzene rings is 1. The Balaban J connectivity index is 1.39. The van der Waals surface area contributed by atoms with Gasteiger partial charge in [0, 0.05) is 31.4 Å². The third-order valence-electron chi connectivity index (χ3n) is 6.73. The fourth-order valence-corrected chi connectivity index (χ4v) is 4.97. The number of hydrogen-bond donors (Lipinski definition) is 1. The molecular formula is C21H27N3O2. The lowest BCUT2D eigenvalue weighted by Gasteiger charge is -2.40. The van der Waals surface area contributed by atoms with Crippen LogP contribution in [0, 0.1) is 16.7 Å². The summed E-state index contributed by atoms with van der Waals surface area (Å²) in [5.74, 6) is 0.360. The molecule has 0 atom stereocenters. The van der Waals surface area contributed by atoms with Crippen molar-refractivity contribution in [3.8, 4) is 6.07 Å². The van der Waals surface area contributed by atoms with Gasteiger partial charge in [-0.2, -0.15) is 5.26 Å². The van der Waals surface area contributed by atoms with Gasteiger partial charge in [-0.15, -0.1) is 0 Å². The Bertz CT molecular complexity index is 693. The van der Waals surface area contributed by atoms with E-state index >= 15 is 0 Å². The van der Waals surface area contributed by atoms with Gasteiger partial charge in [-0.1, -0.05) is 0 Å². The van der Waals surface area contributed by atoms with Gasteiger partial charge in [-0.25, -0.2) is 0 Å². The van der Waals surface area contributed by atoms with Crippen molar-refractivity contribution in [2.24, 2.45) is 5.41 Å². The summed E-state index contributed by atoms with van der Waals surface area (Å²) in [6.07, 6.45) is 6.18. The topological polar surface area (TPSA) is 67.6 Å². The van der Waals surface area contributed by atoms with Crippen LogP contribution in [-0.2, 0) is 4.79 Å². The van der Waals surface area contributed by atoms with Crippen molar-refractivity contribution in [2.45, 2.75) is 57.1 Å². The largest absolute Gasteiger partial charge is 0.393 e. The minimum Gasteiger partial charge on any atom is -0.393 e. The van der Waals surface area contributed by atoms with E-state index in [2.05, 4.69) is 15.9 Å². The number of amides is 1. The molecule has 0 bridgehead atoms. The van der Waals surface area contributed by atoms with Crippen molar-refractivity contribution in [1.29, 1.82) is 5.26 Å². The number of carbonyl (C=O) groups is 1. The lowest BCUT2D eigenvalue weighted by molar-refractivity contribution is -0.139. The van der Waals surface area contributed by atoms with Gasteiger partial charge in [0.15, 0.2) is 0 Å². The van der Waals surface area contributed by atoms with Crippen molar-refractivity contribution in [3.63, 3.8) is 0 Å². The van der Waals surface area contributed by atoms with Gasteiger partial charge in [-0.3, -0.25) is 4.79 Å². The molecule has 5 heteroatoms. The lowest BCUT2D eigenvalue weighted by atomic mass is 9.77. The maximum Gasteiger partial charge on any atom is 0.229 e. The summed E-state index contributed by atoms with van der Waals surface area (Å²) >= 11 is 0. The molecule has 1 aromatic carbocycles. The van der Waals surface area contributed by atoms with Crippen LogP contribution >= 0.6 is 0 Å². The minimum absolute atomic E-state index is 0.168. The summed E-state index contributed by atoms with van der Waals surface area (Å²) in [5, 5.41) is 18.7. The summed E-state index contributed by atoms with van der Waals surface area (Å²) in [4.78, 5) is 17.7. The molecule has 1 saturated carbocycles. The molecule has 1 spiro atoms. The Labute approximate surface area is 155 Å². The van der Waals surface area contributed by atoms with E-state index in [1.165, 1.54) is 0 Å². The van der Waals surface area contributed by atoms with E-state index in [9.17, 15) is 9.90 Å². The zero-order valence-corrected chi connectivity index (χ0v) is 15.2. The molecule has 5 nitrogen and oxygen atoms in total. The van der Waals surface area contributed by atoms with Gasteiger partial charge in [-0.05, 0) is 69.2 Å². The molecule has 2 aliphatic heterocycles. The van der Waals surface area contributed by atoms with Crippen LogP contribution in [0.5, 0.6) is 0 Å². The molecule has 0 unspecified atom stereocenters. The highest BCUT2D eigenvalue weighted by molar-refractivity contribution is 5.85. The first kappa shape index (κ1) is 17.4. The second kappa shape index (κ2) is 6.92. The van der Waals surface area contributed by atoms with Crippen molar-refractivity contribution in [2.75, 3.05) is 24.5 Å². The fraction of sp³-hybridized carbons (Fsp3) is 0.619. The lowest BCUT2D eigenvalue weighted by Crippen LogP contribution is -2.47. The van der Waals surface area contributed by atoms with Gasteiger partial charge >= 0.3 is 0 Å². The zero-order chi connectivity index (χ0) is 18.1. The van der Waals surface area contributed by atoms with Crippen LogP contribution in [0.4, 0.5) is 5.69 Å². The molecule has 26 heavy (non-hydrogen) atoms. The minimum atomic E-state index is -0.173. The Morgan fingerprint density at radius 2 is 1.62 bits per heavy atom. The number of rotatable bonds is 2. The number of likely N-dealkylation sites (tertiary alicyclic amines) is 1. The van der Waals surface area contributed by atoms with E-state index in [0.29, 0.717) is 17.5 Å². The smallest absolute Gasteiger partial charge is 0.229 e. The molecule has 2 heterocycles. The highest BCUT2D eigenvalue weighted by Gasteiger charge is 2.49. The molecule has 1 N–H and O–H groups in total. The number of nitrogens with zero attached hydrogens (tertiary/aromatic N) is 3. The van der Waals surface area contributed by atoms with E-state index in [1.807, 2.05) is 24.3 Å². The number of aliphatic hydroxyl groups excluding tert-OH is 1. The van der Waals surface area contributed by atoms with Crippen LogP contribution < -0.4 is 4.90 Å². The van der Waals surface area contributed by atoms with E-state index in [4.69, 9.17) is 5.26 Å². The van der Waals surface area contributed by atoms with Crippen molar-refractivity contribution < 1.29 is 9.90 Å². The van der Waals surface area contributed by atoms with Crippen LogP contribution in [0.2, 0.25) is 0 Å². The van der Waals surface area contributed by atoms with Crippen LogP contribution in [0.3, 0.4) is 0 Å². The van der Waals surface area contributed by atoms with Crippen molar-refractivity contribution >= 4 is 11.6 Å². The average molecular weight is 353 g/mol. The monoisotopic (exact) mass is 353 g/mol. The van der Waals surface area contributed by atoms with Crippen LogP contribution in [0.1, 0.15) is 50.5 Å². The van der Waals surface area contributed by atoms with E-state index < -0.39 is 0 Å². The third kappa shape index (κ3) is 3.07. The number of anilines is 1. The molecule has 3 aliphatic rings. The van der Waals surface area contributed by atoms with Gasteiger partial charge in [0.1, 0.15) is 0 Å². The maximum atomic E-state index is 13.2. The molecule has 0 aromatic heterocycles. The number of aliphatic hydroxyl groups is 1. The quantitative estimate of drug-likeness (QED) is 0.888. The number of piperidine rings is 1. The molecular weight excluding hydrogens is 326 g/mol. The second-order valence-electron chi connectivity index (χ2n) is 8.14. The Morgan fingerprint density at radius 1 is 1.00 bits per heavy atom. The number of nitriles is 1. The van der Waals surface area contributed by atoms with Crippen LogP contribution in [-0.4, -0.2) is 47.7 Å². The standard InChI is InChI=1S/C21H27N3O2/c22-15-16-1-3-17(4-2-16)23-12-9-21(10-13-23)11-14-24(20(21)26)18-5-7-19(25)8-6-18/h1-4,18-19,25H,5-14H2. The normalized spacial score (nSPS) is 28.4. The Morgan fingerprint density at radius 3 is 2.23 bits per heavy atom. The molecule has 0 radical (unpaired) electrons. The Hall–Kier alpha value is -2.06. The summed E-state index contributed by atoms with van der Waals surface area (Å²) < 4.78 is 0. The third-order valence-corrected chi connectivity index (χ3v) is 6.73. The predicted molar refractivity (Wildman–Crippen MR) is 99.6 cm³/mol. The van der Waals surface area contributed by atoms with Crippen molar-refractivity contribution in [3.05, 3.63) is 29.8 Å². The van der Waals surface area contributed by atoms with E-state index in [1.54, 1.807) is 0 Å². The van der Waals surface area contributed by atoms with Gasteiger partial charge in [0.25, 0.3) is 0 Å². The molecule has 4 rings (SSSR count). The average Bonchev–Trinajstić information content (AvgIpc) is 2.99. The zero-order valence-electron chi connectivity index (χ0n) is 15.2. The number of carbonyl (C=O) groups excluding carboxylic acids is 1. The molecule has 1 aromatic rings. The van der Waals surface area contributed by atoms with Crippen LogP contribution in [0.15, 0.2) is 24.3 Å². The van der Waals surface area contributed by atoms with Crippen molar-refractivity contribution in [1.82, 2.24) is 4.90 Å². The highest BCUT2D eigenvalue weighted by atomic mass is 16.3. The molecule has 138 valence electrons. The summed E-state index contributed by atoms with van der Waals surface area (Å²) in [7, 11) is 0. The van der Waals surface area contributed by atoms with E-state index in [-0.39, 0.29) is 11.5 Å². The number of hydrogen-bond acceptors (Lipinski definition) is 4. The molecule has 1 amide bonds. The first-order valence-electron chi connectivity index (χ1n) is 9.86. The van der Waals surface area contributed by atoms with Gasteiger partial charge < -0.3 is 14.9 Å². The second-order valence-corrected chi connectivity index (χ2v) is 8.14. The first-order valence-corrected chi connectivity index (χ1v) is 9.86. The summed E-state index contributed by atoms with van der Waals surface area (Å²) in [6.45, 7) is 2.68. The molecule has 3 fully saturated rings. The van der Waals surface area contributed by atoms with E-state index in [0.717, 1.165) is 70.3 Å². The summed E-state index contributed by atoms with van der Waals surface area (Å²) in [5.41, 5.74) is 1.66. The predicted octanol–water partition coefficient (Wildman–Crippen LogP) is 2.68. The summed E-state index contributed by atoms with van der Waals surface area (Å²) in [6, 6.07) is 10.2. The van der Waals surface area contributed by atoms with Gasteiger partial charge in [0.05, 0.1) is 23.2 Å². The SMILES string of the molecule is N#Cc1ccc(N2CCC3(CC2)CCN(C2CCC(O)CC2)C3=O)cc1.